The molecule has 0 aromatic carbocycles. The summed E-state index contributed by atoms with van der Waals surface area (Å²) in [4.78, 5) is 6.11. The van der Waals surface area contributed by atoms with Gasteiger partial charge in [-0.2, -0.15) is 0 Å². The number of sulfonamides is 1. The monoisotopic (exact) mass is 309 g/mol. The van der Waals surface area contributed by atoms with E-state index in [0.29, 0.717) is 12.1 Å². The van der Waals surface area contributed by atoms with Crippen molar-refractivity contribution >= 4 is 10.0 Å². The second kappa shape index (κ2) is 7.00. The molecule has 0 radical (unpaired) electrons. The van der Waals surface area contributed by atoms with E-state index < -0.39 is 10.0 Å². The highest BCUT2D eigenvalue weighted by Crippen LogP contribution is 2.14. The maximum absolute atomic E-state index is 12.4. The summed E-state index contributed by atoms with van der Waals surface area (Å²) in [5, 5.41) is 8.67. The van der Waals surface area contributed by atoms with E-state index in [2.05, 4.69) is 26.4 Å². The third-order valence-electron chi connectivity index (χ3n) is 3.28. The van der Waals surface area contributed by atoms with Crippen molar-refractivity contribution < 1.29 is 13.5 Å². The van der Waals surface area contributed by atoms with Gasteiger partial charge in [-0.1, -0.05) is 11.8 Å². The molecule has 1 saturated heterocycles. The summed E-state index contributed by atoms with van der Waals surface area (Å²) < 4.78 is 27.4. The van der Waals surface area contributed by atoms with Crippen LogP contribution in [0.3, 0.4) is 0 Å². The number of rotatable bonds is 3. The number of hydrogen-bond donors (Lipinski definition) is 2. The third kappa shape index (κ3) is 4.51. The van der Waals surface area contributed by atoms with Crippen LogP contribution in [0.25, 0.3) is 0 Å². The summed E-state index contributed by atoms with van der Waals surface area (Å²) >= 11 is 0. The Morgan fingerprint density at radius 1 is 1.52 bits per heavy atom. The zero-order valence-electron chi connectivity index (χ0n) is 11.9. The van der Waals surface area contributed by atoms with Crippen LogP contribution >= 0.6 is 0 Å². The van der Waals surface area contributed by atoms with Gasteiger partial charge in [0.1, 0.15) is 11.5 Å². The lowest BCUT2D eigenvalue weighted by molar-refractivity contribution is 0.242. The van der Waals surface area contributed by atoms with Crippen molar-refractivity contribution in [3.63, 3.8) is 0 Å². The molecule has 1 aliphatic rings. The molecule has 1 aromatic rings. The number of likely N-dealkylation sites (N-methyl/N-ethyl adjacent to an activating group) is 1. The summed E-state index contributed by atoms with van der Waals surface area (Å²) in [6, 6.07) is 1.38. The molecule has 1 atom stereocenters. The van der Waals surface area contributed by atoms with Crippen molar-refractivity contribution in [2.24, 2.45) is 0 Å². The van der Waals surface area contributed by atoms with Crippen molar-refractivity contribution in [2.75, 3.05) is 26.7 Å². The zero-order valence-corrected chi connectivity index (χ0v) is 12.7. The minimum absolute atomic E-state index is 0.0825. The van der Waals surface area contributed by atoms with Gasteiger partial charge >= 0.3 is 0 Å². The minimum atomic E-state index is -3.60. The molecule has 1 aliphatic heterocycles. The van der Waals surface area contributed by atoms with Crippen LogP contribution in [-0.2, 0) is 10.0 Å². The average Bonchev–Trinajstić information content (AvgIpc) is 2.45. The summed E-state index contributed by atoms with van der Waals surface area (Å²) in [5.74, 6) is 5.13. The Labute approximate surface area is 125 Å². The van der Waals surface area contributed by atoms with Crippen molar-refractivity contribution in [1.82, 2.24) is 14.6 Å². The molecule has 2 N–H and O–H groups in total. The van der Waals surface area contributed by atoms with Crippen molar-refractivity contribution in [1.29, 1.82) is 0 Å². The van der Waals surface area contributed by atoms with Crippen LogP contribution in [0.4, 0.5) is 0 Å². The van der Waals surface area contributed by atoms with Gasteiger partial charge in [0.05, 0.1) is 0 Å². The largest absolute Gasteiger partial charge is 0.384 e. The number of hydrogen-bond acceptors (Lipinski definition) is 5. The predicted octanol–water partition coefficient (Wildman–Crippen LogP) is -0.202. The second-order valence-corrected chi connectivity index (χ2v) is 6.81. The van der Waals surface area contributed by atoms with Gasteiger partial charge in [-0.25, -0.2) is 13.1 Å². The lowest BCUT2D eigenvalue weighted by Crippen LogP contribution is -2.46. The Bertz CT molecular complexity index is 649. The average molecular weight is 309 g/mol. The molecular weight excluding hydrogens is 290 g/mol. The maximum atomic E-state index is 12.4. The van der Waals surface area contributed by atoms with Crippen molar-refractivity contribution in [3.8, 4) is 11.8 Å². The van der Waals surface area contributed by atoms with Crippen LogP contribution in [0, 0.1) is 11.8 Å². The standard InChI is InChI=1S/C14H19N3O3S/c1-17-6-2-5-13(11-17)16-21(19,20)14-8-12(4-3-7-18)9-15-10-14/h8-10,13,16,18H,2,5-7,11H2,1H3. The third-order valence-corrected chi connectivity index (χ3v) is 4.77. The molecule has 114 valence electrons. The normalized spacial score (nSPS) is 19.8. The zero-order chi connectivity index (χ0) is 15.3. The summed E-state index contributed by atoms with van der Waals surface area (Å²) in [6.07, 6.45) is 4.58. The lowest BCUT2D eigenvalue weighted by Gasteiger charge is -2.29. The lowest BCUT2D eigenvalue weighted by atomic mass is 10.1. The molecule has 1 fully saturated rings. The highest BCUT2D eigenvalue weighted by Gasteiger charge is 2.24. The highest BCUT2D eigenvalue weighted by molar-refractivity contribution is 7.89. The van der Waals surface area contributed by atoms with E-state index in [1.165, 1.54) is 18.5 Å². The first kappa shape index (κ1) is 15.9. The van der Waals surface area contributed by atoms with Gasteiger partial charge in [-0.15, -0.1) is 0 Å². The molecule has 2 heterocycles. The number of aromatic nitrogens is 1. The van der Waals surface area contributed by atoms with Gasteiger partial charge in [0.15, 0.2) is 0 Å². The number of aliphatic hydroxyl groups is 1. The fraction of sp³-hybridized carbons (Fsp3) is 0.500. The number of piperidine rings is 1. The van der Waals surface area contributed by atoms with Crippen LogP contribution < -0.4 is 4.72 Å². The molecule has 0 aliphatic carbocycles. The topological polar surface area (TPSA) is 82.5 Å². The van der Waals surface area contributed by atoms with Crippen LogP contribution in [0.5, 0.6) is 0 Å². The van der Waals surface area contributed by atoms with Crippen LogP contribution in [0.15, 0.2) is 23.4 Å². The smallest absolute Gasteiger partial charge is 0.242 e. The molecule has 2 rings (SSSR count). The first-order valence-corrected chi connectivity index (χ1v) is 8.25. The minimum Gasteiger partial charge on any atom is -0.384 e. The van der Waals surface area contributed by atoms with Gasteiger partial charge in [0.25, 0.3) is 0 Å². The van der Waals surface area contributed by atoms with Crippen molar-refractivity contribution in [3.05, 3.63) is 24.0 Å². The summed E-state index contributed by atoms with van der Waals surface area (Å²) in [6.45, 7) is 1.42. The Balaban J connectivity index is 2.15. The molecule has 21 heavy (non-hydrogen) atoms. The predicted molar refractivity (Wildman–Crippen MR) is 79.0 cm³/mol. The molecule has 7 heteroatoms. The van der Waals surface area contributed by atoms with Crippen molar-refractivity contribution in [2.45, 2.75) is 23.8 Å². The maximum Gasteiger partial charge on any atom is 0.242 e. The van der Waals surface area contributed by atoms with Gasteiger partial charge in [0.2, 0.25) is 10.0 Å². The number of aliphatic hydroxyl groups excluding tert-OH is 1. The molecular formula is C14H19N3O3S. The first-order chi connectivity index (χ1) is 10.0. The summed E-state index contributed by atoms with van der Waals surface area (Å²) in [5.41, 5.74) is 0.465. The van der Waals surface area contributed by atoms with E-state index >= 15 is 0 Å². The first-order valence-electron chi connectivity index (χ1n) is 6.77. The van der Waals surface area contributed by atoms with Gasteiger partial charge in [0, 0.05) is 30.5 Å². The van der Waals surface area contributed by atoms with E-state index in [4.69, 9.17) is 5.11 Å². The fourth-order valence-electron chi connectivity index (χ4n) is 2.33. The van der Waals surface area contributed by atoms with E-state index in [0.717, 1.165) is 19.4 Å². The van der Waals surface area contributed by atoms with E-state index in [1.807, 2.05) is 7.05 Å². The van der Waals surface area contributed by atoms with Gasteiger partial charge in [-0.3, -0.25) is 4.98 Å². The molecule has 1 unspecified atom stereocenters. The SMILES string of the molecule is CN1CCCC(NS(=O)(=O)c2cncc(C#CCO)c2)C1. The quantitative estimate of drug-likeness (QED) is 0.756. The fourth-order valence-corrected chi connectivity index (χ4v) is 3.57. The number of nitrogens with zero attached hydrogens (tertiary/aromatic N) is 2. The van der Waals surface area contributed by atoms with Crippen LogP contribution in [-0.4, -0.2) is 56.2 Å². The highest BCUT2D eigenvalue weighted by atomic mass is 32.2. The van der Waals surface area contributed by atoms with Gasteiger partial charge in [-0.05, 0) is 32.5 Å². The van der Waals surface area contributed by atoms with E-state index in [9.17, 15) is 8.42 Å². The van der Waals surface area contributed by atoms with Crippen LogP contribution in [0.2, 0.25) is 0 Å². The van der Waals surface area contributed by atoms with Gasteiger partial charge < -0.3 is 10.0 Å². The number of likely N-dealkylation sites (tertiary alicyclic amines) is 1. The Hall–Kier alpha value is -1.46. The Morgan fingerprint density at radius 2 is 2.33 bits per heavy atom. The van der Waals surface area contributed by atoms with E-state index in [1.54, 1.807) is 0 Å². The number of pyridine rings is 1. The Morgan fingerprint density at radius 3 is 3.05 bits per heavy atom. The Kier molecular flexibility index (Phi) is 5.31. The molecule has 0 bridgehead atoms. The molecule has 1 aromatic heterocycles. The second-order valence-electron chi connectivity index (χ2n) is 5.09. The van der Waals surface area contributed by atoms with E-state index in [-0.39, 0.29) is 17.5 Å². The molecule has 6 nitrogen and oxygen atoms in total. The number of nitrogens with one attached hydrogen (secondary N) is 1. The van der Waals surface area contributed by atoms with Crippen LogP contribution in [0.1, 0.15) is 18.4 Å². The molecule has 0 amide bonds. The molecule has 0 spiro atoms. The molecule has 0 saturated carbocycles. The summed E-state index contributed by atoms with van der Waals surface area (Å²) in [7, 11) is -1.62.